The van der Waals surface area contributed by atoms with Gasteiger partial charge in [-0.15, -0.1) is 10.2 Å². The van der Waals surface area contributed by atoms with Crippen LogP contribution in [0.2, 0.25) is 5.02 Å². The van der Waals surface area contributed by atoms with Crippen molar-refractivity contribution in [3.63, 3.8) is 0 Å². The lowest BCUT2D eigenvalue weighted by Gasteiger charge is -2.02. The molecular formula is C11H12ClN3O. The molecule has 1 heterocycles. The molecule has 2 aromatic rings. The van der Waals surface area contributed by atoms with Crippen molar-refractivity contribution in [2.24, 2.45) is 0 Å². The van der Waals surface area contributed by atoms with Crippen LogP contribution in [0.5, 0.6) is 0 Å². The molecule has 0 aliphatic heterocycles. The molecule has 1 unspecified atom stereocenters. The first-order chi connectivity index (χ1) is 7.72. The summed E-state index contributed by atoms with van der Waals surface area (Å²) < 4.78 is 5.53. The number of benzene rings is 1. The van der Waals surface area contributed by atoms with Crippen LogP contribution < -0.4 is 5.32 Å². The topological polar surface area (TPSA) is 51.0 Å². The minimum Gasteiger partial charge on any atom is -0.419 e. The van der Waals surface area contributed by atoms with E-state index in [4.69, 9.17) is 16.0 Å². The van der Waals surface area contributed by atoms with Crippen molar-refractivity contribution in [2.45, 2.75) is 13.0 Å². The third-order valence-corrected chi connectivity index (χ3v) is 2.68. The number of hydrogen-bond donors (Lipinski definition) is 1. The van der Waals surface area contributed by atoms with Crippen molar-refractivity contribution < 1.29 is 4.42 Å². The molecule has 0 saturated heterocycles. The maximum absolute atomic E-state index is 6.04. The quantitative estimate of drug-likeness (QED) is 0.892. The zero-order valence-electron chi connectivity index (χ0n) is 9.07. The molecule has 0 bridgehead atoms. The summed E-state index contributed by atoms with van der Waals surface area (Å²) in [6.45, 7) is 1.95. The van der Waals surface area contributed by atoms with Gasteiger partial charge in [0.2, 0.25) is 11.8 Å². The molecule has 0 spiro atoms. The number of hydrogen-bond acceptors (Lipinski definition) is 4. The Kier molecular flexibility index (Phi) is 3.22. The number of aromatic nitrogens is 2. The van der Waals surface area contributed by atoms with Crippen molar-refractivity contribution >= 4 is 11.6 Å². The van der Waals surface area contributed by atoms with E-state index < -0.39 is 0 Å². The van der Waals surface area contributed by atoms with Crippen molar-refractivity contribution in [3.8, 4) is 11.5 Å². The van der Waals surface area contributed by atoms with Crippen molar-refractivity contribution in [1.29, 1.82) is 0 Å². The van der Waals surface area contributed by atoms with Gasteiger partial charge in [0.25, 0.3) is 0 Å². The highest BCUT2D eigenvalue weighted by Crippen LogP contribution is 2.27. The van der Waals surface area contributed by atoms with Crippen LogP contribution in [-0.2, 0) is 0 Å². The molecule has 0 amide bonds. The Bertz CT molecular complexity index is 484. The molecule has 4 nitrogen and oxygen atoms in total. The zero-order chi connectivity index (χ0) is 11.5. The Labute approximate surface area is 98.6 Å². The Balaban J connectivity index is 2.35. The van der Waals surface area contributed by atoms with E-state index in [1.807, 2.05) is 32.2 Å². The molecule has 1 aromatic carbocycles. The number of rotatable bonds is 3. The average Bonchev–Trinajstić information content (AvgIpc) is 2.78. The third kappa shape index (κ3) is 2.08. The summed E-state index contributed by atoms with van der Waals surface area (Å²) in [5, 5.41) is 11.6. The van der Waals surface area contributed by atoms with Gasteiger partial charge in [0.15, 0.2) is 0 Å². The van der Waals surface area contributed by atoms with E-state index in [0.717, 1.165) is 5.56 Å². The second kappa shape index (κ2) is 4.63. The van der Waals surface area contributed by atoms with Crippen LogP contribution in [0.4, 0.5) is 0 Å². The first-order valence-corrected chi connectivity index (χ1v) is 5.35. The fourth-order valence-corrected chi connectivity index (χ4v) is 1.49. The van der Waals surface area contributed by atoms with E-state index in [-0.39, 0.29) is 6.04 Å². The summed E-state index contributed by atoms with van der Waals surface area (Å²) in [6.07, 6.45) is 0. The van der Waals surface area contributed by atoms with Gasteiger partial charge in [-0.2, -0.15) is 0 Å². The summed E-state index contributed by atoms with van der Waals surface area (Å²) in [5.41, 5.74) is 0.756. The molecule has 5 heteroatoms. The highest BCUT2D eigenvalue weighted by atomic mass is 35.5. The van der Waals surface area contributed by atoms with Crippen molar-refractivity contribution in [1.82, 2.24) is 15.5 Å². The number of halogens is 1. The van der Waals surface area contributed by atoms with Gasteiger partial charge < -0.3 is 9.73 Å². The van der Waals surface area contributed by atoms with Gasteiger partial charge in [-0.25, -0.2) is 0 Å². The van der Waals surface area contributed by atoms with Gasteiger partial charge in [0, 0.05) is 0 Å². The maximum atomic E-state index is 6.04. The Morgan fingerprint density at radius 3 is 2.75 bits per heavy atom. The highest BCUT2D eigenvalue weighted by molar-refractivity contribution is 6.33. The molecular weight excluding hydrogens is 226 g/mol. The molecule has 1 aromatic heterocycles. The summed E-state index contributed by atoms with van der Waals surface area (Å²) in [5.74, 6) is 1.00. The molecule has 1 atom stereocenters. The smallest absolute Gasteiger partial charge is 0.249 e. The van der Waals surface area contributed by atoms with E-state index in [1.165, 1.54) is 0 Å². The lowest BCUT2D eigenvalue weighted by Crippen LogP contribution is -2.12. The van der Waals surface area contributed by atoms with Gasteiger partial charge >= 0.3 is 0 Å². The second-order valence-electron chi connectivity index (χ2n) is 3.44. The molecule has 16 heavy (non-hydrogen) atoms. The molecule has 0 saturated carbocycles. The Morgan fingerprint density at radius 2 is 2.06 bits per heavy atom. The van der Waals surface area contributed by atoms with E-state index in [2.05, 4.69) is 15.5 Å². The van der Waals surface area contributed by atoms with Crippen LogP contribution >= 0.6 is 11.6 Å². The summed E-state index contributed by atoms with van der Waals surface area (Å²) in [7, 11) is 1.84. The van der Waals surface area contributed by atoms with Crippen LogP contribution in [-0.4, -0.2) is 17.2 Å². The van der Waals surface area contributed by atoms with Crippen molar-refractivity contribution in [3.05, 3.63) is 35.2 Å². The lowest BCUT2D eigenvalue weighted by atomic mass is 10.2. The van der Waals surface area contributed by atoms with Crippen LogP contribution in [0.3, 0.4) is 0 Å². The molecule has 0 fully saturated rings. The third-order valence-electron chi connectivity index (χ3n) is 2.35. The Hall–Kier alpha value is -1.39. The summed E-state index contributed by atoms with van der Waals surface area (Å²) in [4.78, 5) is 0. The van der Waals surface area contributed by atoms with Gasteiger partial charge in [-0.1, -0.05) is 23.7 Å². The predicted octanol–water partition coefficient (Wildman–Crippen LogP) is 2.67. The van der Waals surface area contributed by atoms with Gasteiger partial charge in [0.05, 0.1) is 16.6 Å². The maximum Gasteiger partial charge on any atom is 0.249 e. The minimum atomic E-state index is 0.0312. The normalized spacial score (nSPS) is 12.7. The first kappa shape index (κ1) is 11.1. The van der Waals surface area contributed by atoms with E-state index in [1.54, 1.807) is 6.07 Å². The number of nitrogens with one attached hydrogen (secondary N) is 1. The van der Waals surface area contributed by atoms with Crippen LogP contribution in [0.1, 0.15) is 18.9 Å². The second-order valence-corrected chi connectivity index (χ2v) is 3.84. The lowest BCUT2D eigenvalue weighted by molar-refractivity contribution is 0.441. The fourth-order valence-electron chi connectivity index (χ4n) is 1.28. The number of nitrogens with zero attached hydrogens (tertiary/aromatic N) is 2. The summed E-state index contributed by atoms with van der Waals surface area (Å²) in [6, 6.07) is 7.42. The molecule has 0 aliphatic rings. The minimum absolute atomic E-state index is 0.0312. The molecule has 2 rings (SSSR count). The monoisotopic (exact) mass is 237 g/mol. The molecule has 1 N–H and O–H groups in total. The van der Waals surface area contributed by atoms with E-state index in [0.29, 0.717) is 16.8 Å². The van der Waals surface area contributed by atoms with Crippen LogP contribution in [0.15, 0.2) is 28.7 Å². The van der Waals surface area contributed by atoms with Crippen LogP contribution in [0, 0.1) is 0 Å². The summed E-state index contributed by atoms with van der Waals surface area (Å²) >= 11 is 6.04. The first-order valence-electron chi connectivity index (χ1n) is 4.98. The largest absolute Gasteiger partial charge is 0.419 e. The van der Waals surface area contributed by atoms with Crippen LogP contribution in [0.25, 0.3) is 11.5 Å². The zero-order valence-corrected chi connectivity index (χ0v) is 9.82. The molecule has 0 aliphatic carbocycles. The van der Waals surface area contributed by atoms with Gasteiger partial charge in [-0.3, -0.25) is 0 Å². The SMILES string of the molecule is CNC(C)c1nnc(-c2ccccc2Cl)o1. The standard InChI is InChI=1S/C11H12ClN3O/c1-7(13-2)10-14-15-11(16-10)8-5-3-4-6-9(8)12/h3-7,13H,1-2H3. The molecule has 84 valence electrons. The van der Waals surface area contributed by atoms with Gasteiger partial charge in [0.1, 0.15) is 0 Å². The van der Waals surface area contributed by atoms with Crippen molar-refractivity contribution in [2.75, 3.05) is 7.05 Å². The Morgan fingerprint density at radius 1 is 1.31 bits per heavy atom. The van der Waals surface area contributed by atoms with E-state index >= 15 is 0 Å². The average molecular weight is 238 g/mol. The fraction of sp³-hybridized carbons (Fsp3) is 0.273. The predicted molar refractivity (Wildman–Crippen MR) is 62.2 cm³/mol. The van der Waals surface area contributed by atoms with Gasteiger partial charge in [-0.05, 0) is 26.1 Å². The van der Waals surface area contributed by atoms with E-state index in [9.17, 15) is 0 Å². The highest BCUT2D eigenvalue weighted by Gasteiger charge is 2.14. The molecule has 0 radical (unpaired) electrons.